The fraction of sp³-hybridized carbons (Fsp3) is 0.286. The molecule has 0 unspecified atom stereocenters. The maximum Gasteiger partial charge on any atom is 0.292 e. The van der Waals surface area contributed by atoms with Gasteiger partial charge in [0.1, 0.15) is 16.5 Å². The monoisotopic (exact) mass is 441 g/mol. The molecule has 9 nitrogen and oxygen atoms in total. The van der Waals surface area contributed by atoms with E-state index in [-0.39, 0.29) is 11.6 Å². The number of hydrogen-bond acceptors (Lipinski definition) is 8. The second kappa shape index (κ2) is 10.1. The van der Waals surface area contributed by atoms with Crippen LogP contribution in [0.25, 0.3) is 0 Å². The zero-order valence-electron chi connectivity index (χ0n) is 17.5. The van der Waals surface area contributed by atoms with Crippen molar-refractivity contribution in [3.63, 3.8) is 0 Å². The van der Waals surface area contributed by atoms with Crippen molar-refractivity contribution in [3.05, 3.63) is 74.8 Å². The van der Waals surface area contributed by atoms with Gasteiger partial charge >= 0.3 is 0 Å². The number of anilines is 1. The Hall–Kier alpha value is -3.40. The van der Waals surface area contributed by atoms with Crippen LogP contribution in [0.5, 0.6) is 0 Å². The van der Waals surface area contributed by atoms with E-state index in [0.717, 1.165) is 22.6 Å². The Balaban J connectivity index is 1.57. The van der Waals surface area contributed by atoms with E-state index < -0.39 is 4.92 Å². The smallest absolute Gasteiger partial charge is 0.292 e. The minimum atomic E-state index is -0.425. The number of nitro groups is 1. The van der Waals surface area contributed by atoms with Gasteiger partial charge in [-0.2, -0.15) is 0 Å². The van der Waals surface area contributed by atoms with Crippen molar-refractivity contribution >= 4 is 29.0 Å². The van der Waals surface area contributed by atoms with Crippen molar-refractivity contribution in [1.29, 1.82) is 0 Å². The molecule has 0 aliphatic heterocycles. The van der Waals surface area contributed by atoms with Crippen LogP contribution in [0.2, 0.25) is 0 Å². The molecule has 1 aromatic carbocycles. The van der Waals surface area contributed by atoms with Crippen molar-refractivity contribution in [2.45, 2.75) is 31.6 Å². The molecule has 0 bridgehead atoms. The molecule has 2 heterocycles. The van der Waals surface area contributed by atoms with E-state index in [2.05, 4.69) is 20.8 Å². The largest absolute Gasteiger partial charge is 0.378 e. The van der Waals surface area contributed by atoms with Crippen LogP contribution in [0.3, 0.4) is 0 Å². The first-order valence-corrected chi connectivity index (χ1v) is 10.6. The van der Waals surface area contributed by atoms with Crippen molar-refractivity contribution < 1.29 is 14.2 Å². The van der Waals surface area contributed by atoms with Crippen molar-refractivity contribution in [2.75, 3.05) is 18.4 Å². The number of nitrogens with zero attached hydrogens (tertiary/aromatic N) is 3. The van der Waals surface area contributed by atoms with Gasteiger partial charge in [-0.15, -0.1) is 11.8 Å². The van der Waals surface area contributed by atoms with Crippen LogP contribution in [0.1, 0.15) is 32.9 Å². The van der Waals surface area contributed by atoms with E-state index in [1.165, 1.54) is 17.8 Å². The van der Waals surface area contributed by atoms with Crippen LogP contribution in [0.4, 0.5) is 11.4 Å². The number of benzene rings is 1. The molecule has 10 heteroatoms. The summed E-state index contributed by atoms with van der Waals surface area (Å²) >= 11 is 1.44. The zero-order chi connectivity index (χ0) is 22.4. The second-order valence-electron chi connectivity index (χ2n) is 6.91. The van der Waals surface area contributed by atoms with E-state index in [0.29, 0.717) is 35.1 Å². The van der Waals surface area contributed by atoms with Crippen LogP contribution < -0.4 is 10.6 Å². The van der Waals surface area contributed by atoms with E-state index in [9.17, 15) is 14.9 Å². The van der Waals surface area contributed by atoms with E-state index >= 15 is 0 Å². The molecule has 162 valence electrons. The highest BCUT2D eigenvalue weighted by molar-refractivity contribution is 7.98. The normalized spacial score (nSPS) is 10.7. The fourth-order valence-corrected chi connectivity index (χ4v) is 4.08. The number of hydrogen-bond donors (Lipinski definition) is 2. The minimum absolute atomic E-state index is 0.0107. The molecule has 2 aromatic heterocycles. The summed E-state index contributed by atoms with van der Waals surface area (Å²) in [6.45, 7) is 6.17. The number of aryl methyl sites for hydroxylation is 3. The first-order chi connectivity index (χ1) is 14.9. The predicted molar refractivity (Wildman–Crippen MR) is 118 cm³/mol. The van der Waals surface area contributed by atoms with Crippen molar-refractivity contribution in [3.8, 4) is 0 Å². The van der Waals surface area contributed by atoms with Crippen LogP contribution in [-0.4, -0.2) is 34.1 Å². The van der Waals surface area contributed by atoms with Gasteiger partial charge in [0, 0.05) is 36.7 Å². The molecule has 0 atom stereocenters. The Kier molecular flexibility index (Phi) is 7.24. The third-order valence-corrected chi connectivity index (χ3v) is 5.66. The number of carbonyl (C=O) groups excluding carboxylic acids is 1. The summed E-state index contributed by atoms with van der Waals surface area (Å²) in [5.74, 6) is 1.09. The summed E-state index contributed by atoms with van der Waals surface area (Å²) < 4.78 is 5.18. The standard InChI is InChI=1S/C21H23N5O4S/c1-13-6-7-18(19(11-13)26(28)29)22-9-10-23-20(27)16-5-4-8-24-21(16)31-12-17-14(2)25-30-15(17)3/h4-8,11,22H,9-10,12H2,1-3H3,(H,23,27). The highest BCUT2D eigenvalue weighted by Crippen LogP contribution is 2.27. The van der Waals surface area contributed by atoms with Crippen LogP contribution in [0, 0.1) is 30.9 Å². The van der Waals surface area contributed by atoms with Crippen LogP contribution >= 0.6 is 11.8 Å². The summed E-state index contributed by atoms with van der Waals surface area (Å²) in [4.78, 5) is 27.8. The number of nitro benzene ring substituents is 1. The molecular formula is C21H23N5O4S. The van der Waals surface area contributed by atoms with Gasteiger partial charge in [0.25, 0.3) is 11.6 Å². The lowest BCUT2D eigenvalue weighted by molar-refractivity contribution is -0.384. The summed E-state index contributed by atoms with van der Waals surface area (Å²) in [6, 6.07) is 8.41. The third-order valence-electron chi connectivity index (χ3n) is 4.63. The molecule has 0 spiro atoms. The lowest BCUT2D eigenvalue weighted by atomic mass is 10.2. The number of nitrogens with one attached hydrogen (secondary N) is 2. The summed E-state index contributed by atoms with van der Waals surface area (Å²) in [6.07, 6.45) is 1.64. The van der Waals surface area contributed by atoms with E-state index in [1.807, 2.05) is 13.8 Å². The molecule has 31 heavy (non-hydrogen) atoms. The van der Waals surface area contributed by atoms with E-state index in [1.54, 1.807) is 37.4 Å². The maximum absolute atomic E-state index is 12.7. The molecule has 0 fully saturated rings. The Morgan fingerprint density at radius 1 is 1.23 bits per heavy atom. The fourth-order valence-electron chi connectivity index (χ4n) is 2.94. The lowest BCUT2D eigenvalue weighted by Gasteiger charge is -2.11. The highest BCUT2D eigenvalue weighted by atomic mass is 32.2. The average Bonchev–Trinajstić information content (AvgIpc) is 3.07. The molecule has 0 saturated heterocycles. The van der Waals surface area contributed by atoms with Crippen LogP contribution in [0.15, 0.2) is 46.1 Å². The number of thioether (sulfide) groups is 1. The van der Waals surface area contributed by atoms with Gasteiger partial charge in [-0.1, -0.05) is 11.2 Å². The third kappa shape index (κ3) is 5.60. The molecule has 0 aliphatic carbocycles. The summed E-state index contributed by atoms with van der Waals surface area (Å²) in [5, 5.41) is 21.6. The first kappa shape index (κ1) is 22.3. The Morgan fingerprint density at radius 2 is 2.03 bits per heavy atom. The Bertz CT molecular complexity index is 1080. The molecule has 3 rings (SSSR count). The zero-order valence-corrected chi connectivity index (χ0v) is 18.3. The van der Waals surface area contributed by atoms with Crippen LogP contribution in [-0.2, 0) is 5.75 Å². The summed E-state index contributed by atoms with van der Waals surface area (Å²) in [7, 11) is 0. The van der Waals surface area contributed by atoms with Gasteiger partial charge in [0.15, 0.2) is 0 Å². The average molecular weight is 442 g/mol. The maximum atomic E-state index is 12.7. The number of amides is 1. The molecule has 1 amide bonds. The molecule has 0 radical (unpaired) electrons. The number of carbonyl (C=O) groups is 1. The van der Waals surface area contributed by atoms with Gasteiger partial charge < -0.3 is 15.2 Å². The van der Waals surface area contributed by atoms with Gasteiger partial charge in [-0.3, -0.25) is 14.9 Å². The van der Waals surface area contributed by atoms with Gasteiger partial charge in [-0.05, 0) is 44.5 Å². The van der Waals surface area contributed by atoms with Gasteiger partial charge in [-0.25, -0.2) is 4.98 Å². The Labute approximate surface area is 183 Å². The number of aromatic nitrogens is 2. The molecule has 3 aromatic rings. The van der Waals surface area contributed by atoms with Crippen molar-refractivity contribution in [2.24, 2.45) is 0 Å². The lowest BCUT2D eigenvalue weighted by Crippen LogP contribution is -2.29. The predicted octanol–water partition coefficient (Wildman–Crippen LogP) is 4.04. The first-order valence-electron chi connectivity index (χ1n) is 9.63. The van der Waals surface area contributed by atoms with Gasteiger partial charge in [0.05, 0.1) is 16.2 Å². The second-order valence-corrected chi connectivity index (χ2v) is 7.87. The minimum Gasteiger partial charge on any atom is -0.378 e. The van der Waals surface area contributed by atoms with E-state index in [4.69, 9.17) is 4.52 Å². The number of pyridine rings is 1. The van der Waals surface area contributed by atoms with Gasteiger partial charge in [0.2, 0.25) is 0 Å². The number of rotatable bonds is 9. The molecule has 0 saturated carbocycles. The highest BCUT2D eigenvalue weighted by Gasteiger charge is 2.16. The van der Waals surface area contributed by atoms with Crippen molar-refractivity contribution in [1.82, 2.24) is 15.5 Å². The molecular weight excluding hydrogens is 418 g/mol. The summed E-state index contributed by atoms with van der Waals surface area (Å²) in [5.41, 5.74) is 3.52. The topological polar surface area (TPSA) is 123 Å². The Morgan fingerprint density at radius 3 is 2.74 bits per heavy atom. The quantitative estimate of drug-likeness (QED) is 0.221. The molecule has 2 N–H and O–H groups in total. The SMILES string of the molecule is Cc1ccc(NCCNC(=O)c2cccnc2SCc2c(C)noc2C)c([N+](=O)[O-])c1. The molecule has 0 aliphatic rings.